The smallest absolute Gasteiger partial charge is 0.335 e. The van der Waals surface area contributed by atoms with Crippen LogP contribution < -0.4 is 0 Å². The summed E-state index contributed by atoms with van der Waals surface area (Å²) in [6.07, 6.45) is 7.00. The zero-order chi connectivity index (χ0) is 37.8. The van der Waals surface area contributed by atoms with E-state index in [0.29, 0.717) is 31.3 Å². The minimum absolute atomic E-state index is 0.00174. The lowest BCUT2D eigenvalue weighted by Crippen LogP contribution is -2.68. The van der Waals surface area contributed by atoms with Crippen LogP contribution in [0.25, 0.3) is 0 Å². The monoisotopic (exact) mass is 730 g/mol. The van der Waals surface area contributed by atoms with Crippen molar-refractivity contribution in [1.29, 1.82) is 0 Å². The maximum Gasteiger partial charge on any atom is 0.335 e. The Kier molecular flexibility index (Phi) is 9.68. The summed E-state index contributed by atoms with van der Waals surface area (Å²) < 4.78 is 17.8. The van der Waals surface area contributed by atoms with Crippen LogP contribution in [0.5, 0.6) is 0 Å². The van der Waals surface area contributed by atoms with Crippen molar-refractivity contribution in [2.45, 2.75) is 162 Å². The summed E-state index contributed by atoms with van der Waals surface area (Å²) in [5.41, 5.74) is 0.267. The summed E-state index contributed by atoms with van der Waals surface area (Å²) in [4.78, 5) is 25.5. The zero-order valence-electron chi connectivity index (χ0n) is 32.6. The Morgan fingerprint density at radius 1 is 0.846 bits per heavy atom. The molecule has 1 saturated heterocycles. The van der Waals surface area contributed by atoms with E-state index in [-0.39, 0.29) is 50.9 Å². The van der Waals surface area contributed by atoms with Gasteiger partial charge in [0.15, 0.2) is 12.4 Å². The maximum absolute atomic E-state index is 13.7. The van der Waals surface area contributed by atoms with Gasteiger partial charge in [0.1, 0.15) is 18.3 Å². The number of carboxylic acids is 2. The van der Waals surface area contributed by atoms with Gasteiger partial charge in [-0.15, -0.1) is 0 Å². The Bertz CT molecular complexity index is 1440. The largest absolute Gasteiger partial charge is 0.481 e. The SMILES string of the molecule is COC[C@@H]1CC(C)(C)C[C@H]2C3=CC[C@@H]4[C@@]5(C)CC[C@H](O[C@@H]6O[C@H](C(=O)O)[C@@H](O)[C@H](O)[C@H]6O)C(C)(C)[C@@H]5CC[C@@]4(C)[C@]3(C3CCCC3)CC[C@@]12C(=O)O. The number of hydrogen-bond donors (Lipinski definition) is 5. The first-order valence-corrected chi connectivity index (χ1v) is 20.3. The minimum Gasteiger partial charge on any atom is -0.481 e. The molecular formula is C42H66O10. The van der Waals surface area contributed by atoms with Gasteiger partial charge in [-0.1, -0.05) is 66.0 Å². The van der Waals surface area contributed by atoms with Crippen LogP contribution in [0, 0.1) is 62.1 Å². The van der Waals surface area contributed by atoms with Crippen molar-refractivity contribution in [3.05, 3.63) is 11.6 Å². The maximum atomic E-state index is 13.7. The molecule has 0 unspecified atom stereocenters. The molecule has 0 bridgehead atoms. The standard InChI is InChI=1S/C42H66O10/c1-37(2)20-24(22-50-7)41(36(48)49)18-19-42(23-10-8-9-11-23)25(26(41)21-37)12-13-28-39(5)16-15-29(38(3,4)27(39)14-17-40(28,42)6)51-35-32(45)30(43)31(44)33(52-35)34(46)47/h12,23-24,26-33,35,43-45H,8-11,13-22H2,1-7H3,(H,46,47)(H,48,49)/t24-,26-,27-,28+,29-,30-,31-,32+,33-,35+,39-,40+,41+,42-/m0/s1. The predicted molar refractivity (Wildman–Crippen MR) is 193 cm³/mol. The number of methoxy groups -OCH3 is 1. The van der Waals surface area contributed by atoms with Gasteiger partial charge in [0.05, 0.1) is 18.1 Å². The van der Waals surface area contributed by atoms with E-state index in [1.165, 1.54) is 31.3 Å². The molecule has 7 aliphatic rings. The number of aliphatic hydroxyl groups excluding tert-OH is 3. The van der Waals surface area contributed by atoms with Crippen LogP contribution in [-0.2, 0) is 23.8 Å². The number of rotatable bonds is 7. The summed E-state index contributed by atoms with van der Waals surface area (Å²) in [6.45, 7) is 14.7. The van der Waals surface area contributed by atoms with E-state index < -0.39 is 48.1 Å². The number of ether oxygens (including phenoxy) is 3. The molecule has 0 aromatic rings. The molecule has 5 saturated carbocycles. The van der Waals surface area contributed by atoms with Gasteiger partial charge in [-0.05, 0) is 122 Å². The second-order valence-electron chi connectivity index (χ2n) is 20.3. The summed E-state index contributed by atoms with van der Waals surface area (Å²) >= 11 is 0. The fourth-order valence-electron chi connectivity index (χ4n) is 15.1. The number of carbonyl (C=O) groups is 2. The first-order valence-electron chi connectivity index (χ1n) is 20.3. The third-order valence-corrected chi connectivity index (χ3v) is 17.2. The average Bonchev–Trinajstić information content (AvgIpc) is 3.61. The molecule has 7 rings (SSSR count). The van der Waals surface area contributed by atoms with Gasteiger partial charge in [-0.25, -0.2) is 4.79 Å². The number of fused-ring (bicyclic) bond motifs is 7. The molecule has 294 valence electrons. The van der Waals surface area contributed by atoms with Gasteiger partial charge in [-0.2, -0.15) is 0 Å². The summed E-state index contributed by atoms with van der Waals surface area (Å²) in [6, 6.07) is 0. The highest BCUT2D eigenvalue weighted by atomic mass is 16.7. The van der Waals surface area contributed by atoms with Gasteiger partial charge in [0, 0.05) is 12.5 Å². The molecule has 1 aliphatic heterocycles. The Morgan fingerprint density at radius 2 is 1.54 bits per heavy atom. The fourth-order valence-corrected chi connectivity index (χ4v) is 15.1. The van der Waals surface area contributed by atoms with Gasteiger partial charge >= 0.3 is 11.9 Å². The highest BCUT2D eigenvalue weighted by molar-refractivity contribution is 5.77. The van der Waals surface area contributed by atoms with E-state index in [4.69, 9.17) is 14.2 Å². The normalized spacial score (nSPS) is 49.8. The Labute approximate surface area is 310 Å². The lowest BCUT2D eigenvalue weighted by atomic mass is 9.31. The summed E-state index contributed by atoms with van der Waals surface area (Å²) in [7, 11) is 1.72. The van der Waals surface area contributed by atoms with E-state index in [0.717, 1.165) is 44.9 Å². The fraction of sp³-hybridized carbons (Fsp3) is 0.905. The molecule has 52 heavy (non-hydrogen) atoms. The molecule has 6 aliphatic carbocycles. The van der Waals surface area contributed by atoms with E-state index in [1.807, 2.05) is 0 Å². The predicted octanol–water partition coefficient (Wildman–Crippen LogP) is 6.19. The van der Waals surface area contributed by atoms with Gasteiger partial charge in [0.2, 0.25) is 0 Å². The molecule has 14 atom stereocenters. The molecule has 0 amide bonds. The minimum atomic E-state index is -1.76. The molecule has 0 spiro atoms. The number of aliphatic carboxylic acids is 2. The quantitative estimate of drug-likeness (QED) is 0.151. The molecule has 0 radical (unpaired) electrons. The van der Waals surface area contributed by atoms with Crippen molar-refractivity contribution < 1.29 is 49.3 Å². The van der Waals surface area contributed by atoms with Crippen LogP contribution in [0.2, 0.25) is 0 Å². The molecule has 0 aromatic heterocycles. The molecule has 0 aromatic carbocycles. The third kappa shape index (κ3) is 5.30. The van der Waals surface area contributed by atoms with Crippen LogP contribution >= 0.6 is 0 Å². The van der Waals surface area contributed by atoms with E-state index in [2.05, 4.69) is 47.6 Å². The first kappa shape index (κ1) is 38.7. The number of allylic oxidation sites excluding steroid dienone is 2. The zero-order valence-corrected chi connectivity index (χ0v) is 32.6. The second kappa shape index (κ2) is 13.0. The molecule has 10 nitrogen and oxygen atoms in total. The Balaban J connectivity index is 1.25. The molecule has 5 N–H and O–H groups in total. The Hall–Kier alpha value is -1.56. The van der Waals surface area contributed by atoms with Crippen LogP contribution in [-0.4, -0.2) is 88.0 Å². The van der Waals surface area contributed by atoms with E-state index >= 15 is 0 Å². The van der Waals surface area contributed by atoms with Crippen LogP contribution in [0.3, 0.4) is 0 Å². The molecular weight excluding hydrogens is 664 g/mol. The van der Waals surface area contributed by atoms with Gasteiger partial charge < -0.3 is 39.7 Å². The van der Waals surface area contributed by atoms with Crippen molar-refractivity contribution in [3.8, 4) is 0 Å². The number of carboxylic acid groups (broad SMARTS) is 2. The van der Waals surface area contributed by atoms with Crippen molar-refractivity contribution in [2.24, 2.45) is 62.1 Å². The highest BCUT2D eigenvalue weighted by Gasteiger charge is 2.73. The van der Waals surface area contributed by atoms with Crippen molar-refractivity contribution in [3.63, 3.8) is 0 Å². The number of aliphatic hydroxyl groups is 3. The molecule has 6 fully saturated rings. The van der Waals surface area contributed by atoms with Crippen LogP contribution in [0.1, 0.15) is 125 Å². The third-order valence-electron chi connectivity index (χ3n) is 17.2. The molecule has 10 heteroatoms. The first-order chi connectivity index (χ1) is 24.3. The van der Waals surface area contributed by atoms with Gasteiger partial charge in [-0.3, -0.25) is 4.79 Å². The second-order valence-corrected chi connectivity index (χ2v) is 20.3. The van der Waals surface area contributed by atoms with E-state index in [1.54, 1.807) is 7.11 Å². The topological polar surface area (TPSA) is 163 Å². The van der Waals surface area contributed by atoms with Crippen LogP contribution in [0.4, 0.5) is 0 Å². The highest BCUT2D eigenvalue weighted by Crippen LogP contribution is 2.79. The summed E-state index contributed by atoms with van der Waals surface area (Å²) in [5.74, 6) is -0.851. The Morgan fingerprint density at radius 3 is 2.17 bits per heavy atom. The number of hydrogen-bond acceptors (Lipinski definition) is 8. The lowest BCUT2D eigenvalue weighted by molar-refractivity contribution is -0.324. The molecule has 1 heterocycles. The van der Waals surface area contributed by atoms with E-state index in [9.17, 15) is 35.1 Å². The van der Waals surface area contributed by atoms with Crippen molar-refractivity contribution in [1.82, 2.24) is 0 Å². The van der Waals surface area contributed by atoms with Gasteiger partial charge in [0.25, 0.3) is 0 Å². The van der Waals surface area contributed by atoms with Crippen LogP contribution in [0.15, 0.2) is 11.6 Å². The van der Waals surface area contributed by atoms with Crippen molar-refractivity contribution >= 4 is 11.9 Å². The summed E-state index contributed by atoms with van der Waals surface area (Å²) in [5, 5.41) is 52.5. The average molecular weight is 731 g/mol. The lowest BCUT2D eigenvalue weighted by Gasteiger charge is -2.73. The van der Waals surface area contributed by atoms with Crippen molar-refractivity contribution in [2.75, 3.05) is 13.7 Å².